The molecule has 1 amide bonds. The molecule has 1 unspecified atom stereocenters. The number of carboxylic acids is 1. The number of hydrogen-bond acceptors (Lipinski definition) is 2. The first-order valence-corrected chi connectivity index (χ1v) is 5.15. The van der Waals surface area contributed by atoms with E-state index in [2.05, 4.69) is 10.3 Å². The Bertz CT molecular complexity index is 409. The Morgan fingerprint density at radius 3 is 2.50 bits per heavy atom. The van der Waals surface area contributed by atoms with Gasteiger partial charge in [0.25, 0.3) is 5.91 Å². The summed E-state index contributed by atoms with van der Waals surface area (Å²) in [6, 6.07) is 1.01. The lowest BCUT2D eigenvalue weighted by Crippen LogP contribution is -2.40. The molecule has 0 aliphatic rings. The van der Waals surface area contributed by atoms with Crippen LogP contribution in [-0.4, -0.2) is 28.0 Å². The van der Waals surface area contributed by atoms with Gasteiger partial charge in [-0.05, 0) is 31.9 Å². The maximum absolute atomic E-state index is 11.7. The van der Waals surface area contributed by atoms with Crippen molar-refractivity contribution in [1.82, 2.24) is 10.3 Å². The molecule has 0 saturated heterocycles. The van der Waals surface area contributed by atoms with Gasteiger partial charge in [-0.1, -0.05) is 6.92 Å². The minimum Gasteiger partial charge on any atom is -0.480 e. The summed E-state index contributed by atoms with van der Waals surface area (Å²) in [6.45, 7) is 5.37. The van der Waals surface area contributed by atoms with E-state index in [9.17, 15) is 9.59 Å². The van der Waals surface area contributed by atoms with Crippen molar-refractivity contribution < 1.29 is 14.7 Å². The molecule has 1 rings (SSSR count). The summed E-state index contributed by atoms with van der Waals surface area (Å²) < 4.78 is 0. The van der Waals surface area contributed by atoms with E-state index in [-0.39, 0.29) is 5.91 Å². The summed E-state index contributed by atoms with van der Waals surface area (Å²) in [7, 11) is 0. The molecule has 1 aromatic heterocycles. The Balaban J connectivity index is 2.79. The quantitative estimate of drug-likeness (QED) is 0.719. The molecule has 0 radical (unpaired) electrons. The third-order valence-corrected chi connectivity index (χ3v) is 2.39. The summed E-state index contributed by atoms with van der Waals surface area (Å²) in [6.07, 6.45) is 0.361. The number of carbonyl (C=O) groups is 2. The van der Waals surface area contributed by atoms with Crippen molar-refractivity contribution in [3.63, 3.8) is 0 Å². The lowest BCUT2D eigenvalue weighted by Gasteiger charge is -2.11. The second-order valence-corrected chi connectivity index (χ2v) is 3.78. The van der Waals surface area contributed by atoms with Crippen molar-refractivity contribution in [2.45, 2.75) is 33.2 Å². The zero-order valence-corrected chi connectivity index (χ0v) is 9.63. The Hall–Kier alpha value is -1.78. The van der Waals surface area contributed by atoms with Crippen LogP contribution in [0.3, 0.4) is 0 Å². The molecule has 0 saturated carbocycles. The van der Waals surface area contributed by atoms with Crippen LogP contribution in [0.4, 0.5) is 0 Å². The Labute approximate surface area is 93.9 Å². The fourth-order valence-corrected chi connectivity index (χ4v) is 1.53. The number of aromatic nitrogens is 1. The van der Waals surface area contributed by atoms with Crippen LogP contribution in [0.25, 0.3) is 0 Å². The van der Waals surface area contributed by atoms with E-state index in [0.717, 1.165) is 11.3 Å². The summed E-state index contributed by atoms with van der Waals surface area (Å²) in [4.78, 5) is 25.4. The molecule has 1 aromatic rings. The second-order valence-electron chi connectivity index (χ2n) is 3.78. The predicted molar refractivity (Wildman–Crippen MR) is 59.4 cm³/mol. The summed E-state index contributed by atoms with van der Waals surface area (Å²) in [5.41, 5.74) is 2.12. The first-order valence-electron chi connectivity index (χ1n) is 5.15. The SMILES string of the molecule is CCC(NC(=O)c1[nH]c(C)cc1C)C(=O)O. The highest BCUT2D eigenvalue weighted by Crippen LogP contribution is 2.09. The first-order chi connectivity index (χ1) is 7.45. The van der Waals surface area contributed by atoms with Gasteiger partial charge in [-0.15, -0.1) is 0 Å². The average molecular weight is 224 g/mol. The first kappa shape index (κ1) is 12.3. The number of carbonyl (C=O) groups excluding carboxylic acids is 1. The summed E-state index contributed by atoms with van der Waals surface area (Å²) in [5, 5.41) is 11.3. The van der Waals surface area contributed by atoms with Crippen molar-refractivity contribution in [2.75, 3.05) is 0 Å². The van der Waals surface area contributed by atoms with E-state index < -0.39 is 12.0 Å². The zero-order chi connectivity index (χ0) is 12.3. The number of aliphatic carboxylic acids is 1. The van der Waals surface area contributed by atoms with Gasteiger partial charge in [-0.3, -0.25) is 4.79 Å². The molecular weight excluding hydrogens is 208 g/mol. The van der Waals surface area contributed by atoms with E-state index in [1.54, 1.807) is 13.8 Å². The molecular formula is C11H16N2O3. The van der Waals surface area contributed by atoms with E-state index in [1.165, 1.54) is 0 Å². The lowest BCUT2D eigenvalue weighted by molar-refractivity contribution is -0.139. The van der Waals surface area contributed by atoms with Gasteiger partial charge < -0.3 is 15.4 Å². The van der Waals surface area contributed by atoms with Gasteiger partial charge in [0.15, 0.2) is 0 Å². The zero-order valence-electron chi connectivity index (χ0n) is 9.63. The van der Waals surface area contributed by atoms with Gasteiger partial charge in [0.1, 0.15) is 11.7 Å². The maximum Gasteiger partial charge on any atom is 0.326 e. The summed E-state index contributed by atoms with van der Waals surface area (Å²) in [5.74, 6) is -1.39. The molecule has 1 heterocycles. The molecule has 3 N–H and O–H groups in total. The second kappa shape index (κ2) is 4.83. The fraction of sp³-hybridized carbons (Fsp3) is 0.455. The Morgan fingerprint density at radius 1 is 1.50 bits per heavy atom. The van der Waals surface area contributed by atoms with Gasteiger partial charge in [-0.25, -0.2) is 4.79 Å². The number of H-pyrrole nitrogens is 1. The van der Waals surface area contributed by atoms with Crippen LogP contribution >= 0.6 is 0 Å². The smallest absolute Gasteiger partial charge is 0.326 e. The van der Waals surface area contributed by atoms with E-state index in [4.69, 9.17) is 5.11 Å². The van der Waals surface area contributed by atoms with Crippen molar-refractivity contribution in [2.24, 2.45) is 0 Å². The van der Waals surface area contributed by atoms with Crippen LogP contribution in [-0.2, 0) is 4.79 Å². The van der Waals surface area contributed by atoms with E-state index in [0.29, 0.717) is 12.1 Å². The predicted octanol–water partition coefficient (Wildman–Crippen LogP) is 1.22. The summed E-state index contributed by atoms with van der Waals surface area (Å²) >= 11 is 0. The van der Waals surface area contributed by atoms with Gasteiger partial charge in [0.05, 0.1) is 0 Å². The van der Waals surface area contributed by atoms with Crippen LogP contribution in [0.15, 0.2) is 6.07 Å². The molecule has 5 nitrogen and oxygen atoms in total. The Kier molecular flexibility index (Phi) is 3.71. The minimum atomic E-state index is -1.02. The van der Waals surface area contributed by atoms with Crippen LogP contribution in [0.1, 0.15) is 35.1 Å². The minimum absolute atomic E-state index is 0.361. The third kappa shape index (κ3) is 2.62. The number of aromatic amines is 1. The number of hydrogen-bond donors (Lipinski definition) is 3. The van der Waals surface area contributed by atoms with Crippen molar-refractivity contribution in [3.05, 3.63) is 23.0 Å². The number of aryl methyl sites for hydroxylation is 2. The molecule has 0 aromatic carbocycles. The molecule has 0 aliphatic heterocycles. The molecule has 0 spiro atoms. The molecule has 0 bridgehead atoms. The van der Waals surface area contributed by atoms with Crippen LogP contribution in [0.5, 0.6) is 0 Å². The van der Waals surface area contributed by atoms with Crippen molar-refractivity contribution in [3.8, 4) is 0 Å². The lowest BCUT2D eigenvalue weighted by atomic mass is 10.2. The molecule has 5 heteroatoms. The highest BCUT2D eigenvalue weighted by molar-refractivity contribution is 5.96. The van der Waals surface area contributed by atoms with Gasteiger partial charge in [-0.2, -0.15) is 0 Å². The third-order valence-electron chi connectivity index (χ3n) is 2.39. The van der Waals surface area contributed by atoms with E-state index in [1.807, 2.05) is 13.0 Å². The Morgan fingerprint density at radius 2 is 2.12 bits per heavy atom. The highest BCUT2D eigenvalue weighted by Gasteiger charge is 2.20. The average Bonchev–Trinajstić information content (AvgIpc) is 2.53. The van der Waals surface area contributed by atoms with Crippen LogP contribution in [0.2, 0.25) is 0 Å². The van der Waals surface area contributed by atoms with Crippen molar-refractivity contribution in [1.29, 1.82) is 0 Å². The largest absolute Gasteiger partial charge is 0.480 e. The number of nitrogens with one attached hydrogen (secondary N) is 2. The van der Waals surface area contributed by atoms with Gasteiger partial charge in [0.2, 0.25) is 0 Å². The van der Waals surface area contributed by atoms with Gasteiger partial charge in [0, 0.05) is 5.69 Å². The fourth-order valence-electron chi connectivity index (χ4n) is 1.53. The molecule has 1 atom stereocenters. The standard InChI is InChI=1S/C11H16N2O3/c1-4-8(11(15)16)13-10(14)9-6(2)5-7(3)12-9/h5,8,12H,4H2,1-3H3,(H,13,14)(H,15,16). The van der Waals surface area contributed by atoms with Crippen molar-refractivity contribution >= 4 is 11.9 Å². The molecule has 0 aliphatic carbocycles. The normalized spacial score (nSPS) is 12.2. The van der Waals surface area contributed by atoms with Gasteiger partial charge >= 0.3 is 5.97 Å². The topological polar surface area (TPSA) is 82.2 Å². The van der Waals surface area contributed by atoms with E-state index >= 15 is 0 Å². The monoisotopic (exact) mass is 224 g/mol. The maximum atomic E-state index is 11.7. The highest BCUT2D eigenvalue weighted by atomic mass is 16.4. The number of amides is 1. The molecule has 16 heavy (non-hydrogen) atoms. The molecule has 88 valence electrons. The number of carboxylic acid groups (broad SMARTS) is 1. The van der Waals surface area contributed by atoms with Crippen LogP contribution in [0, 0.1) is 13.8 Å². The van der Waals surface area contributed by atoms with Crippen LogP contribution < -0.4 is 5.32 Å². The molecule has 0 fully saturated rings. The number of rotatable bonds is 4.